The van der Waals surface area contributed by atoms with E-state index in [0.29, 0.717) is 13.2 Å². The molecule has 7 nitrogen and oxygen atoms in total. The molecule has 8 rings (SSSR count). The molecule has 6 aliphatic rings. The van der Waals surface area contributed by atoms with Crippen molar-refractivity contribution >= 4 is 0 Å². The molecule has 204 valence electrons. The zero-order chi connectivity index (χ0) is 25.7. The molecule has 4 bridgehead atoms. The molecule has 6 atom stereocenters. The lowest BCUT2D eigenvalue weighted by Gasteiger charge is -2.58. The lowest BCUT2D eigenvalue weighted by atomic mass is 9.54. The summed E-state index contributed by atoms with van der Waals surface area (Å²) in [4.78, 5) is 0. The van der Waals surface area contributed by atoms with Gasteiger partial charge in [0.2, 0.25) is 0 Å². The van der Waals surface area contributed by atoms with Gasteiger partial charge in [0.05, 0.1) is 25.9 Å². The van der Waals surface area contributed by atoms with Gasteiger partial charge in [0.1, 0.15) is 30.2 Å². The van der Waals surface area contributed by atoms with Crippen molar-refractivity contribution in [3.8, 4) is 5.75 Å². The van der Waals surface area contributed by atoms with Crippen LogP contribution in [0.2, 0.25) is 0 Å². The zero-order valence-electron chi connectivity index (χ0n) is 21.9. The summed E-state index contributed by atoms with van der Waals surface area (Å²) in [5, 5.41) is 11.7. The Bertz CT molecular complexity index is 1050. The molecule has 1 N–H and O–H groups in total. The van der Waals surface area contributed by atoms with E-state index in [0.717, 1.165) is 53.9 Å². The molecular weight excluding hydrogens is 484 g/mol. The lowest BCUT2D eigenvalue weighted by Crippen LogP contribution is -2.65. The van der Waals surface area contributed by atoms with Crippen LogP contribution < -0.4 is 4.74 Å². The third kappa shape index (κ3) is 4.78. The van der Waals surface area contributed by atoms with Gasteiger partial charge in [-0.3, -0.25) is 0 Å². The fraction of sp³-hybridized carbons (Fsp3) is 0.613. The average Bonchev–Trinajstić information content (AvgIpc) is 2.92. The number of hydrogen-bond donors (Lipinski definition) is 1. The lowest BCUT2D eigenvalue weighted by molar-refractivity contribution is -0.386. The van der Waals surface area contributed by atoms with E-state index in [2.05, 4.69) is 0 Å². The van der Waals surface area contributed by atoms with Crippen molar-refractivity contribution < 1.29 is 33.5 Å². The highest BCUT2D eigenvalue weighted by atomic mass is 16.8. The highest BCUT2D eigenvalue weighted by Gasteiger charge is 2.56. The molecule has 4 saturated carbocycles. The topological polar surface area (TPSA) is 75.6 Å². The molecule has 0 spiro atoms. The first-order valence-corrected chi connectivity index (χ1v) is 14.2. The van der Waals surface area contributed by atoms with Crippen LogP contribution in [0.25, 0.3) is 0 Å². The predicted octanol–water partition coefficient (Wildman–Crippen LogP) is 4.77. The second-order valence-electron chi connectivity index (χ2n) is 12.1. The van der Waals surface area contributed by atoms with Crippen LogP contribution in [0.3, 0.4) is 0 Å². The Morgan fingerprint density at radius 2 is 1.58 bits per heavy atom. The Morgan fingerprint density at radius 1 is 0.895 bits per heavy atom. The molecule has 2 saturated heterocycles. The minimum atomic E-state index is -0.916. The first kappa shape index (κ1) is 25.0. The van der Waals surface area contributed by atoms with E-state index in [1.807, 2.05) is 54.6 Å². The van der Waals surface area contributed by atoms with Crippen LogP contribution >= 0.6 is 0 Å². The quantitative estimate of drug-likeness (QED) is 0.562. The van der Waals surface area contributed by atoms with Gasteiger partial charge in [-0.25, -0.2) is 0 Å². The summed E-state index contributed by atoms with van der Waals surface area (Å²) >= 11 is 0. The van der Waals surface area contributed by atoms with Gasteiger partial charge in [0.15, 0.2) is 12.6 Å². The Kier molecular flexibility index (Phi) is 6.71. The number of hydrogen-bond acceptors (Lipinski definition) is 7. The fourth-order valence-electron chi connectivity index (χ4n) is 7.95. The molecule has 1 unspecified atom stereocenters. The predicted molar refractivity (Wildman–Crippen MR) is 138 cm³/mol. The van der Waals surface area contributed by atoms with Crippen LogP contribution in [0, 0.1) is 17.8 Å². The smallest absolute Gasteiger partial charge is 0.187 e. The molecule has 0 aromatic heterocycles. The molecule has 2 aromatic carbocycles. The second-order valence-corrected chi connectivity index (χ2v) is 12.1. The Labute approximate surface area is 224 Å². The highest BCUT2D eigenvalue weighted by molar-refractivity contribution is 5.26. The SMILES string of the molecule is COc1ccc(CO[C@@H]2[C@H](OC34CC5CC(CC(C5)C3)C4)O[C@@H]3COC(c4ccccc4)O[C@H]3[C@@H]2O)cc1. The van der Waals surface area contributed by atoms with Crippen molar-refractivity contribution in [1.82, 2.24) is 0 Å². The summed E-state index contributed by atoms with van der Waals surface area (Å²) < 4.78 is 37.5. The third-order valence-electron chi connectivity index (χ3n) is 9.33. The molecule has 0 amide bonds. The number of rotatable bonds is 7. The summed E-state index contributed by atoms with van der Waals surface area (Å²) in [5.74, 6) is 3.03. The Morgan fingerprint density at radius 3 is 2.24 bits per heavy atom. The first-order chi connectivity index (χ1) is 18.6. The van der Waals surface area contributed by atoms with E-state index in [-0.39, 0.29) is 5.60 Å². The maximum Gasteiger partial charge on any atom is 0.187 e. The maximum absolute atomic E-state index is 11.7. The first-order valence-electron chi connectivity index (χ1n) is 14.2. The van der Waals surface area contributed by atoms with Crippen molar-refractivity contribution in [3.05, 3.63) is 65.7 Å². The maximum atomic E-state index is 11.7. The number of methoxy groups -OCH3 is 1. The summed E-state index contributed by atoms with van der Waals surface area (Å²) in [7, 11) is 1.65. The summed E-state index contributed by atoms with van der Waals surface area (Å²) in [5.41, 5.74) is 1.72. The van der Waals surface area contributed by atoms with Gasteiger partial charge >= 0.3 is 0 Å². The molecule has 2 aromatic rings. The fourth-order valence-corrected chi connectivity index (χ4v) is 7.95. The molecule has 7 heteroatoms. The van der Waals surface area contributed by atoms with E-state index in [1.165, 1.54) is 19.3 Å². The number of aliphatic hydroxyl groups is 1. The second kappa shape index (κ2) is 10.2. The van der Waals surface area contributed by atoms with Gasteiger partial charge in [-0.2, -0.15) is 0 Å². The van der Waals surface area contributed by atoms with Gasteiger partial charge in [0, 0.05) is 5.56 Å². The van der Waals surface area contributed by atoms with Crippen LogP contribution in [0.5, 0.6) is 5.75 Å². The summed E-state index contributed by atoms with van der Waals surface area (Å²) in [6, 6.07) is 17.6. The van der Waals surface area contributed by atoms with Gasteiger partial charge in [-0.05, 0) is 74.0 Å². The molecule has 4 aliphatic carbocycles. The average molecular weight is 523 g/mol. The van der Waals surface area contributed by atoms with E-state index in [4.69, 9.17) is 28.4 Å². The van der Waals surface area contributed by atoms with Crippen molar-refractivity contribution in [2.75, 3.05) is 13.7 Å². The molecule has 6 fully saturated rings. The van der Waals surface area contributed by atoms with Crippen molar-refractivity contribution in [2.24, 2.45) is 17.8 Å². The Hall–Kier alpha value is -2.00. The summed E-state index contributed by atoms with van der Waals surface area (Å²) in [6.07, 6.45) is 3.41. The molecule has 2 heterocycles. The van der Waals surface area contributed by atoms with Crippen molar-refractivity contribution in [1.29, 1.82) is 0 Å². The van der Waals surface area contributed by atoms with Crippen LogP contribution in [0.4, 0.5) is 0 Å². The van der Waals surface area contributed by atoms with Crippen LogP contribution in [0.15, 0.2) is 54.6 Å². The number of fused-ring (bicyclic) bond motifs is 1. The van der Waals surface area contributed by atoms with Crippen LogP contribution in [-0.4, -0.2) is 55.1 Å². The highest BCUT2D eigenvalue weighted by Crippen LogP contribution is 2.58. The van der Waals surface area contributed by atoms with Crippen molar-refractivity contribution in [2.45, 2.75) is 87.7 Å². The van der Waals surface area contributed by atoms with Gasteiger partial charge in [-0.1, -0.05) is 42.5 Å². The van der Waals surface area contributed by atoms with E-state index >= 15 is 0 Å². The van der Waals surface area contributed by atoms with E-state index in [9.17, 15) is 5.11 Å². The zero-order valence-corrected chi connectivity index (χ0v) is 21.9. The third-order valence-corrected chi connectivity index (χ3v) is 9.33. The van der Waals surface area contributed by atoms with Gasteiger partial charge in [0.25, 0.3) is 0 Å². The van der Waals surface area contributed by atoms with Gasteiger partial charge in [-0.15, -0.1) is 0 Å². The molecular formula is C31H38O7. The monoisotopic (exact) mass is 522 g/mol. The molecule has 0 radical (unpaired) electrons. The number of ether oxygens (including phenoxy) is 6. The van der Waals surface area contributed by atoms with E-state index in [1.54, 1.807) is 7.11 Å². The standard InChI is InChI=1S/C31H38O7/c1-33-24-9-7-19(8-10-24)17-34-28-26(32)27-25(18-35-29(37-27)23-5-3-2-4-6-23)36-30(28)38-31-14-20-11-21(15-31)13-22(12-20)16-31/h2-10,20-22,25-30,32H,11-18H2,1H3/t20?,21?,22?,25-,26+,27-,28+,29?,30+,31?/m1/s1. The minimum absolute atomic E-state index is 0.184. The largest absolute Gasteiger partial charge is 0.497 e. The summed E-state index contributed by atoms with van der Waals surface area (Å²) in [6.45, 7) is 0.652. The van der Waals surface area contributed by atoms with Crippen molar-refractivity contribution in [3.63, 3.8) is 0 Å². The van der Waals surface area contributed by atoms with Gasteiger partial charge < -0.3 is 33.5 Å². The van der Waals surface area contributed by atoms with Crippen LogP contribution in [-0.2, 0) is 30.3 Å². The number of benzene rings is 2. The minimum Gasteiger partial charge on any atom is -0.497 e. The van der Waals surface area contributed by atoms with Crippen LogP contribution in [0.1, 0.15) is 55.9 Å². The van der Waals surface area contributed by atoms with E-state index < -0.39 is 37.0 Å². The number of aliphatic hydroxyl groups excluding tert-OH is 1. The Balaban J connectivity index is 1.11. The molecule has 2 aliphatic heterocycles. The normalized spacial score (nSPS) is 41.6. The molecule has 38 heavy (non-hydrogen) atoms.